The number of carbonyl (C=O) groups excluding carboxylic acids is 1. The highest BCUT2D eigenvalue weighted by Crippen LogP contribution is 2.34. The molecular formula is C27H41NOS. The molecule has 0 saturated heterocycles. The number of hydrogen-bond acceptors (Lipinski definition) is 3. The van der Waals surface area contributed by atoms with Crippen LogP contribution in [0.25, 0.3) is 10.4 Å². The largest absolute Gasteiger partial charge is 0.372 e. The van der Waals surface area contributed by atoms with Crippen molar-refractivity contribution in [1.29, 1.82) is 0 Å². The number of aryl methyl sites for hydroxylation is 1. The summed E-state index contributed by atoms with van der Waals surface area (Å²) < 4.78 is 0. The van der Waals surface area contributed by atoms with Gasteiger partial charge < -0.3 is 4.90 Å². The molecule has 1 aromatic carbocycles. The molecule has 2 rings (SSSR count). The summed E-state index contributed by atoms with van der Waals surface area (Å²) in [5.41, 5.74) is 3.92. The van der Waals surface area contributed by atoms with Crippen LogP contribution < -0.4 is 4.90 Å². The van der Waals surface area contributed by atoms with Gasteiger partial charge in [0.2, 0.25) is 0 Å². The summed E-state index contributed by atoms with van der Waals surface area (Å²) >= 11 is 1.64. The fourth-order valence-corrected chi connectivity index (χ4v) is 4.96. The summed E-state index contributed by atoms with van der Waals surface area (Å²) in [6, 6.07) is 11.2. The minimum atomic E-state index is 0.850. The van der Waals surface area contributed by atoms with Gasteiger partial charge in [0.05, 0.1) is 4.88 Å². The van der Waals surface area contributed by atoms with E-state index in [1.165, 1.54) is 85.9 Å². The summed E-state index contributed by atoms with van der Waals surface area (Å²) in [7, 11) is 0. The van der Waals surface area contributed by atoms with Gasteiger partial charge in [-0.05, 0) is 55.0 Å². The van der Waals surface area contributed by atoms with Crippen molar-refractivity contribution in [2.75, 3.05) is 18.0 Å². The van der Waals surface area contributed by atoms with E-state index in [4.69, 9.17) is 0 Å². The molecule has 30 heavy (non-hydrogen) atoms. The summed E-state index contributed by atoms with van der Waals surface area (Å²) in [5, 5.41) is 0. The molecule has 1 aromatic heterocycles. The van der Waals surface area contributed by atoms with E-state index < -0.39 is 0 Å². The van der Waals surface area contributed by atoms with Gasteiger partial charge in [-0.1, -0.05) is 77.8 Å². The van der Waals surface area contributed by atoms with Crippen LogP contribution in [0.3, 0.4) is 0 Å². The molecule has 2 aromatic rings. The second-order valence-electron chi connectivity index (χ2n) is 8.38. The van der Waals surface area contributed by atoms with Crippen LogP contribution in [0.1, 0.15) is 100 Å². The van der Waals surface area contributed by atoms with E-state index in [2.05, 4.69) is 56.0 Å². The Bertz CT molecular complexity index is 711. The molecule has 0 unspecified atom stereocenters. The molecule has 0 aliphatic heterocycles. The minimum Gasteiger partial charge on any atom is -0.372 e. The monoisotopic (exact) mass is 427 g/mol. The highest BCUT2D eigenvalue weighted by Gasteiger charge is 2.12. The molecule has 0 amide bonds. The molecule has 0 atom stereocenters. The van der Waals surface area contributed by atoms with Crippen LogP contribution in [0.15, 0.2) is 30.3 Å². The fourth-order valence-electron chi connectivity index (χ4n) is 3.93. The molecule has 3 heteroatoms. The lowest BCUT2D eigenvalue weighted by Crippen LogP contribution is -2.25. The van der Waals surface area contributed by atoms with E-state index in [0.717, 1.165) is 30.7 Å². The number of anilines is 1. The number of unbranched alkanes of at least 4 members (excludes halogenated alkanes) is 7. The number of aldehydes is 1. The van der Waals surface area contributed by atoms with Gasteiger partial charge >= 0.3 is 0 Å². The number of carbonyl (C=O) groups is 1. The molecule has 0 radical (unpaired) electrons. The first-order valence-corrected chi connectivity index (χ1v) is 13.0. The maximum atomic E-state index is 11.4. The summed E-state index contributed by atoms with van der Waals surface area (Å²) in [5.74, 6) is 0. The van der Waals surface area contributed by atoms with E-state index in [0.29, 0.717) is 0 Å². The Morgan fingerprint density at radius 3 is 2.00 bits per heavy atom. The Morgan fingerprint density at radius 1 is 0.800 bits per heavy atom. The molecule has 0 fully saturated rings. The Morgan fingerprint density at radius 2 is 1.40 bits per heavy atom. The Kier molecular flexibility index (Phi) is 11.8. The maximum absolute atomic E-state index is 11.4. The van der Waals surface area contributed by atoms with E-state index in [1.54, 1.807) is 11.3 Å². The highest BCUT2D eigenvalue weighted by molar-refractivity contribution is 7.17. The van der Waals surface area contributed by atoms with E-state index >= 15 is 0 Å². The van der Waals surface area contributed by atoms with Gasteiger partial charge in [0.25, 0.3) is 0 Å². The molecule has 0 aliphatic carbocycles. The summed E-state index contributed by atoms with van der Waals surface area (Å²) in [4.78, 5) is 16.1. The van der Waals surface area contributed by atoms with Crippen molar-refractivity contribution < 1.29 is 4.79 Å². The predicted octanol–water partition coefficient (Wildman–Crippen LogP) is 8.54. The van der Waals surface area contributed by atoms with Crippen molar-refractivity contribution in [2.24, 2.45) is 0 Å². The van der Waals surface area contributed by atoms with Gasteiger partial charge in [0.15, 0.2) is 6.29 Å². The van der Waals surface area contributed by atoms with Crippen LogP contribution in [0.2, 0.25) is 0 Å². The van der Waals surface area contributed by atoms with Gasteiger partial charge in [-0.15, -0.1) is 11.3 Å². The Balaban J connectivity index is 2.08. The van der Waals surface area contributed by atoms with Crippen LogP contribution in [-0.2, 0) is 6.42 Å². The minimum absolute atomic E-state index is 0.850. The van der Waals surface area contributed by atoms with Crippen molar-refractivity contribution in [3.8, 4) is 10.4 Å². The lowest BCUT2D eigenvalue weighted by Gasteiger charge is -2.25. The molecule has 0 spiro atoms. The number of hydrogen-bond donors (Lipinski definition) is 0. The average Bonchev–Trinajstić information content (AvgIpc) is 3.20. The second kappa shape index (κ2) is 14.4. The second-order valence-corrected chi connectivity index (χ2v) is 9.46. The van der Waals surface area contributed by atoms with Gasteiger partial charge in [-0.3, -0.25) is 4.79 Å². The molecular weight excluding hydrogens is 386 g/mol. The van der Waals surface area contributed by atoms with Gasteiger partial charge in [0, 0.05) is 23.7 Å². The number of rotatable bonds is 16. The van der Waals surface area contributed by atoms with E-state index in [1.807, 2.05) is 0 Å². The molecule has 0 saturated carbocycles. The zero-order valence-electron chi connectivity index (χ0n) is 19.4. The van der Waals surface area contributed by atoms with E-state index in [9.17, 15) is 4.79 Å². The van der Waals surface area contributed by atoms with E-state index in [-0.39, 0.29) is 0 Å². The zero-order valence-corrected chi connectivity index (χ0v) is 20.2. The van der Waals surface area contributed by atoms with Crippen LogP contribution >= 0.6 is 11.3 Å². The lowest BCUT2D eigenvalue weighted by atomic mass is 10.0. The first kappa shape index (κ1) is 24.7. The van der Waals surface area contributed by atoms with Crippen LogP contribution in [-0.4, -0.2) is 19.4 Å². The van der Waals surface area contributed by atoms with Crippen molar-refractivity contribution in [1.82, 2.24) is 0 Å². The van der Waals surface area contributed by atoms with Crippen molar-refractivity contribution in [3.63, 3.8) is 0 Å². The molecule has 2 nitrogen and oxygen atoms in total. The maximum Gasteiger partial charge on any atom is 0.160 e. The fraction of sp³-hybridized carbons (Fsp3) is 0.593. The lowest BCUT2D eigenvalue weighted by molar-refractivity contribution is 0.112. The normalized spacial score (nSPS) is 11.0. The Hall–Kier alpha value is -1.61. The molecule has 1 heterocycles. The number of thiophene rings is 1. The third kappa shape index (κ3) is 7.91. The topological polar surface area (TPSA) is 20.3 Å². The third-order valence-electron chi connectivity index (χ3n) is 5.80. The average molecular weight is 428 g/mol. The third-order valence-corrected chi connectivity index (χ3v) is 6.95. The van der Waals surface area contributed by atoms with Gasteiger partial charge in [-0.2, -0.15) is 0 Å². The van der Waals surface area contributed by atoms with Gasteiger partial charge in [0.1, 0.15) is 0 Å². The SMILES string of the molecule is CCCCCCCCc1cc(C=O)sc1-c1ccc(N(CCCC)CCCC)cc1. The van der Waals surface area contributed by atoms with Crippen LogP contribution in [0.4, 0.5) is 5.69 Å². The zero-order chi connectivity index (χ0) is 21.6. The summed E-state index contributed by atoms with van der Waals surface area (Å²) in [6.45, 7) is 9.04. The first-order chi connectivity index (χ1) is 14.7. The van der Waals surface area contributed by atoms with Crippen LogP contribution in [0.5, 0.6) is 0 Å². The highest BCUT2D eigenvalue weighted by atomic mass is 32.1. The van der Waals surface area contributed by atoms with Crippen molar-refractivity contribution in [2.45, 2.75) is 91.4 Å². The van der Waals surface area contributed by atoms with Crippen LogP contribution in [0, 0.1) is 0 Å². The Labute approximate surface area is 188 Å². The molecule has 166 valence electrons. The van der Waals surface area contributed by atoms with Crippen molar-refractivity contribution >= 4 is 23.3 Å². The molecule has 0 N–H and O–H groups in total. The smallest absolute Gasteiger partial charge is 0.160 e. The number of nitrogens with zero attached hydrogens (tertiary/aromatic N) is 1. The quantitative estimate of drug-likeness (QED) is 0.197. The molecule has 0 bridgehead atoms. The predicted molar refractivity (Wildman–Crippen MR) is 134 cm³/mol. The standard InChI is InChI=1S/C27H41NOS/c1-4-7-10-11-12-13-14-24-21-26(22-29)30-27(24)23-15-17-25(18-16-23)28(19-8-5-2)20-9-6-3/h15-18,21-22H,4-14,19-20H2,1-3H3. The van der Waals surface area contributed by atoms with Crippen molar-refractivity contribution in [3.05, 3.63) is 40.8 Å². The number of benzene rings is 1. The van der Waals surface area contributed by atoms with Gasteiger partial charge in [-0.25, -0.2) is 0 Å². The summed E-state index contributed by atoms with van der Waals surface area (Å²) in [6.07, 6.45) is 14.8. The first-order valence-electron chi connectivity index (χ1n) is 12.2. The molecule has 0 aliphatic rings.